The fraction of sp³-hybridized carbons (Fsp3) is 0.333. The van der Waals surface area contributed by atoms with E-state index in [0.717, 1.165) is 11.3 Å². The molecule has 8 nitrogen and oxygen atoms in total. The Hall–Kier alpha value is -2.81. The normalized spacial score (nSPS) is 15.3. The molecule has 9 heteroatoms. The van der Waals surface area contributed by atoms with Gasteiger partial charge in [-0.05, 0) is 30.3 Å². The van der Waals surface area contributed by atoms with E-state index in [0.29, 0.717) is 23.7 Å². The summed E-state index contributed by atoms with van der Waals surface area (Å²) in [6, 6.07) is 6.54. The summed E-state index contributed by atoms with van der Waals surface area (Å²) in [4.78, 5) is 47.9. The number of thioether (sulfide) groups is 1. The molecule has 0 unspecified atom stereocenters. The van der Waals surface area contributed by atoms with Gasteiger partial charge in [0, 0.05) is 5.56 Å². The molecule has 1 N–H and O–H groups in total. The minimum Gasteiger partial charge on any atom is -0.481 e. The molecular formula is C18H19NO7S. The van der Waals surface area contributed by atoms with E-state index in [9.17, 15) is 19.2 Å². The molecule has 27 heavy (non-hydrogen) atoms. The van der Waals surface area contributed by atoms with Crippen LogP contribution in [-0.2, 0) is 19.1 Å². The van der Waals surface area contributed by atoms with Crippen LogP contribution in [0.1, 0.15) is 25.3 Å². The van der Waals surface area contributed by atoms with Crippen LogP contribution in [0.3, 0.4) is 0 Å². The van der Waals surface area contributed by atoms with Gasteiger partial charge >= 0.3 is 11.9 Å². The lowest BCUT2D eigenvalue weighted by molar-refractivity contribution is -0.146. The minimum atomic E-state index is -1.13. The van der Waals surface area contributed by atoms with Gasteiger partial charge in [0.1, 0.15) is 12.3 Å². The van der Waals surface area contributed by atoms with Crippen molar-refractivity contribution in [1.29, 1.82) is 0 Å². The third-order valence-corrected chi connectivity index (χ3v) is 4.39. The van der Waals surface area contributed by atoms with Crippen molar-refractivity contribution in [3.63, 3.8) is 0 Å². The predicted octanol–water partition coefficient (Wildman–Crippen LogP) is 2.53. The summed E-state index contributed by atoms with van der Waals surface area (Å²) in [5, 5.41) is 8.16. The van der Waals surface area contributed by atoms with Crippen LogP contribution < -0.4 is 4.74 Å². The first-order valence-electron chi connectivity index (χ1n) is 8.27. The second kappa shape index (κ2) is 9.77. The zero-order valence-electron chi connectivity index (χ0n) is 14.7. The lowest BCUT2D eigenvalue weighted by atomic mass is 10.2. The highest BCUT2D eigenvalue weighted by Gasteiger charge is 2.36. The molecular weight excluding hydrogens is 374 g/mol. The van der Waals surface area contributed by atoms with Gasteiger partial charge in [0.15, 0.2) is 6.61 Å². The molecule has 2 amide bonds. The molecule has 0 atom stereocenters. The Morgan fingerprint density at radius 3 is 2.70 bits per heavy atom. The van der Waals surface area contributed by atoms with Crippen LogP contribution in [0, 0.1) is 0 Å². The molecule has 1 heterocycles. The molecule has 0 spiro atoms. The zero-order chi connectivity index (χ0) is 19.8. The second-order valence-corrected chi connectivity index (χ2v) is 6.56. The smallest absolute Gasteiger partial charge is 0.341 e. The van der Waals surface area contributed by atoms with Gasteiger partial charge in [-0.15, -0.1) is 0 Å². The molecule has 1 aliphatic heterocycles. The van der Waals surface area contributed by atoms with Crippen molar-refractivity contribution >= 4 is 40.9 Å². The number of aliphatic carboxylic acids is 1. The van der Waals surface area contributed by atoms with Crippen molar-refractivity contribution in [3.05, 3.63) is 34.7 Å². The Morgan fingerprint density at radius 2 is 2.00 bits per heavy atom. The number of ether oxygens (including phenoxy) is 2. The molecule has 1 aromatic rings. The van der Waals surface area contributed by atoms with Crippen LogP contribution in [0.15, 0.2) is 29.2 Å². The Bertz CT molecular complexity index is 775. The number of nitrogens with zero attached hydrogens (tertiary/aromatic N) is 1. The molecule has 144 valence electrons. The highest BCUT2D eigenvalue weighted by Crippen LogP contribution is 2.33. The van der Waals surface area contributed by atoms with Gasteiger partial charge in [-0.3, -0.25) is 19.3 Å². The number of benzene rings is 1. The first kappa shape index (κ1) is 20.5. The highest BCUT2D eigenvalue weighted by molar-refractivity contribution is 8.18. The number of carboxylic acids is 1. The Balaban J connectivity index is 2.10. The molecule has 2 rings (SSSR count). The van der Waals surface area contributed by atoms with E-state index in [1.165, 1.54) is 6.08 Å². The Morgan fingerprint density at radius 1 is 1.26 bits per heavy atom. The number of carbonyl (C=O) groups excluding carboxylic acids is 3. The first-order valence-corrected chi connectivity index (χ1v) is 9.08. The zero-order valence-corrected chi connectivity index (χ0v) is 15.5. The molecule has 1 saturated heterocycles. The molecule has 0 aliphatic carbocycles. The number of para-hydroxylation sites is 1. The Labute approximate surface area is 160 Å². The number of esters is 1. The quantitative estimate of drug-likeness (QED) is 0.387. The monoisotopic (exact) mass is 393 g/mol. The van der Waals surface area contributed by atoms with E-state index in [-0.39, 0.29) is 17.3 Å². The van der Waals surface area contributed by atoms with Crippen molar-refractivity contribution in [2.45, 2.75) is 19.8 Å². The molecule has 0 bridgehead atoms. The lowest BCUT2D eigenvalue weighted by Crippen LogP contribution is -2.34. The third kappa shape index (κ3) is 5.85. The third-order valence-electron chi connectivity index (χ3n) is 3.48. The van der Waals surface area contributed by atoms with E-state index in [2.05, 4.69) is 0 Å². The van der Waals surface area contributed by atoms with Crippen LogP contribution in [0.2, 0.25) is 0 Å². The number of imide groups is 1. The number of rotatable bonds is 9. The molecule has 1 aliphatic rings. The average Bonchev–Trinajstić information content (AvgIpc) is 2.88. The van der Waals surface area contributed by atoms with Crippen LogP contribution in [0.4, 0.5) is 4.79 Å². The number of hydrogen-bond donors (Lipinski definition) is 1. The summed E-state index contributed by atoms with van der Waals surface area (Å²) in [5.74, 6) is -2.11. The molecule has 1 fully saturated rings. The van der Waals surface area contributed by atoms with Crippen molar-refractivity contribution < 1.29 is 33.8 Å². The second-order valence-electron chi connectivity index (χ2n) is 5.56. The summed E-state index contributed by atoms with van der Waals surface area (Å²) in [6.45, 7) is 1.22. The van der Waals surface area contributed by atoms with E-state index in [1.807, 2.05) is 6.92 Å². The largest absolute Gasteiger partial charge is 0.481 e. The number of carboxylic acid groups (broad SMARTS) is 1. The summed E-state index contributed by atoms with van der Waals surface area (Å²) < 4.78 is 10.2. The molecule has 0 aromatic heterocycles. The van der Waals surface area contributed by atoms with Gasteiger partial charge in [0.2, 0.25) is 0 Å². The van der Waals surface area contributed by atoms with Crippen molar-refractivity contribution in [3.8, 4) is 5.75 Å². The SMILES string of the molecule is CCCCOC(=O)CN1C(=O)S/C(=C/c2ccccc2OCC(=O)O)C1=O. The maximum absolute atomic E-state index is 12.4. The number of carbonyl (C=O) groups is 4. The standard InChI is InChI=1S/C18H19NO7S/c1-2-3-8-25-16(22)10-19-17(23)14(27-18(19)24)9-12-6-4-5-7-13(12)26-11-15(20)21/h4-7,9H,2-3,8,10-11H2,1H3,(H,20,21)/b14-9+. The fourth-order valence-electron chi connectivity index (χ4n) is 2.15. The van der Waals surface area contributed by atoms with Crippen LogP contribution >= 0.6 is 11.8 Å². The maximum atomic E-state index is 12.4. The maximum Gasteiger partial charge on any atom is 0.341 e. The van der Waals surface area contributed by atoms with Gasteiger partial charge in [-0.2, -0.15) is 0 Å². The summed E-state index contributed by atoms with van der Waals surface area (Å²) in [7, 11) is 0. The van der Waals surface area contributed by atoms with Gasteiger partial charge in [0.25, 0.3) is 11.1 Å². The van der Waals surface area contributed by atoms with Crippen molar-refractivity contribution in [2.24, 2.45) is 0 Å². The summed E-state index contributed by atoms with van der Waals surface area (Å²) in [5.41, 5.74) is 0.453. The summed E-state index contributed by atoms with van der Waals surface area (Å²) in [6.07, 6.45) is 3.01. The van der Waals surface area contributed by atoms with Crippen LogP contribution in [0.5, 0.6) is 5.75 Å². The summed E-state index contributed by atoms with van der Waals surface area (Å²) >= 11 is 0.699. The van der Waals surface area contributed by atoms with E-state index in [4.69, 9.17) is 14.6 Å². The first-order chi connectivity index (χ1) is 12.9. The molecule has 1 aromatic carbocycles. The molecule has 0 saturated carbocycles. The predicted molar refractivity (Wildman–Crippen MR) is 98.1 cm³/mol. The average molecular weight is 393 g/mol. The van der Waals surface area contributed by atoms with E-state index >= 15 is 0 Å². The number of hydrogen-bond acceptors (Lipinski definition) is 7. The fourth-order valence-corrected chi connectivity index (χ4v) is 2.98. The van der Waals surface area contributed by atoms with Gasteiger partial charge < -0.3 is 14.6 Å². The van der Waals surface area contributed by atoms with Gasteiger partial charge in [0.05, 0.1) is 11.5 Å². The van der Waals surface area contributed by atoms with Crippen LogP contribution in [0.25, 0.3) is 6.08 Å². The Kier molecular flexibility index (Phi) is 7.42. The highest BCUT2D eigenvalue weighted by atomic mass is 32.2. The van der Waals surface area contributed by atoms with E-state index in [1.54, 1.807) is 24.3 Å². The van der Waals surface area contributed by atoms with Crippen LogP contribution in [-0.4, -0.2) is 52.8 Å². The number of unbranched alkanes of at least 4 members (excludes halogenated alkanes) is 1. The minimum absolute atomic E-state index is 0.118. The topological polar surface area (TPSA) is 110 Å². The van der Waals surface area contributed by atoms with Crippen molar-refractivity contribution in [2.75, 3.05) is 19.8 Å². The number of amides is 2. The van der Waals surface area contributed by atoms with Gasteiger partial charge in [-0.25, -0.2) is 4.79 Å². The van der Waals surface area contributed by atoms with Crippen molar-refractivity contribution in [1.82, 2.24) is 4.90 Å². The molecule has 0 radical (unpaired) electrons. The van der Waals surface area contributed by atoms with E-state index < -0.39 is 36.2 Å². The lowest BCUT2D eigenvalue weighted by Gasteiger charge is -2.11. The van der Waals surface area contributed by atoms with Gasteiger partial charge in [-0.1, -0.05) is 31.5 Å².